The molecule has 68 valence electrons. The summed E-state index contributed by atoms with van der Waals surface area (Å²) in [5.41, 5.74) is -1.55. The molecule has 0 aliphatic rings. The van der Waals surface area contributed by atoms with Crippen molar-refractivity contribution in [1.82, 2.24) is 4.73 Å². The molecule has 0 aliphatic heterocycles. The first-order valence-corrected chi connectivity index (χ1v) is 3.23. The molecule has 1 heterocycles. The molecule has 0 radical (unpaired) electrons. The SMILES string of the molecule is C=Nc1ccc(C(=O)O)c(=O)n1O. The summed E-state index contributed by atoms with van der Waals surface area (Å²) in [4.78, 5) is 24.7. The lowest BCUT2D eigenvalue weighted by Crippen LogP contribution is -2.24. The Hall–Kier alpha value is -2.11. The second-order valence-corrected chi connectivity index (χ2v) is 2.19. The zero-order valence-corrected chi connectivity index (χ0v) is 6.47. The molecule has 1 aromatic heterocycles. The second-order valence-electron chi connectivity index (χ2n) is 2.19. The fourth-order valence-corrected chi connectivity index (χ4v) is 0.800. The number of carboxylic acid groups (broad SMARTS) is 1. The third-order valence-corrected chi connectivity index (χ3v) is 1.43. The summed E-state index contributed by atoms with van der Waals surface area (Å²) < 4.78 is 0.135. The first kappa shape index (κ1) is 8.98. The predicted molar refractivity (Wildman–Crippen MR) is 44.1 cm³/mol. The number of carbonyl (C=O) groups is 1. The molecule has 6 heteroatoms. The minimum atomic E-state index is -1.40. The standard InChI is InChI=1S/C7H6N2O4/c1-8-5-3-2-4(7(11)12)6(10)9(5)13/h2-3,13H,1H2,(H,11,12). The Labute approximate surface area is 72.4 Å². The maximum absolute atomic E-state index is 11.0. The van der Waals surface area contributed by atoms with Crippen LogP contribution in [0.2, 0.25) is 0 Å². The monoisotopic (exact) mass is 182 g/mol. The van der Waals surface area contributed by atoms with Crippen LogP contribution < -0.4 is 5.56 Å². The lowest BCUT2D eigenvalue weighted by molar-refractivity contribution is 0.0688. The summed E-state index contributed by atoms with van der Waals surface area (Å²) in [5, 5.41) is 17.5. The average Bonchev–Trinajstić information content (AvgIpc) is 2.09. The van der Waals surface area contributed by atoms with Crippen molar-refractivity contribution in [3.63, 3.8) is 0 Å². The molecule has 0 saturated heterocycles. The molecule has 0 amide bonds. The van der Waals surface area contributed by atoms with E-state index in [2.05, 4.69) is 11.7 Å². The molecule has 0 unspecified atom stereocenters. The molecular formula is C7H6N2O4. The minimum Gasteiger partial charge on any atom is -0.477 e. The lowest BCUT2D eigenvalue weighted by Gasteiger charge is -2.00. The zero-order valence-electron chi connectivity index (χ0n) is 6.47. The van der Waals surface area contributed by atoms with E-state index in [1.54, 1.807) is 0 Å². The Morgan fingerprint density at radius 3 is 2.62 bits per heavy atom. The summed E-state index contributed by atoms with van der Waals surface area (Å²) in [7, 11) is 0. The maximum Gasteiger partial charge on any atom is 0.341 e. The van der Waals surface area contributed by atoms with Gasteiger partial charge in [0, 0.05) is 0 Å². The summed E-state index contributed by atoms with van der Waals surface area (Å²) >= 11 is 0. The number of aromatic nitrogens is 1. The highest BCUT2D eigenvalue weighted by Gasteiger charge is 2.12. The van der Waals surface area contributed by atoms with E-state index in [1.807, 2.05) is 0 Å². The number of rotatable bonds is 2. The first-order chi connectivity index (χ1) is 6.07. The van der Waals surface area contributed by atoms with Gasteiger partial charge in [-0.05, 0) is 18.9 Å². The van der Waals surface area contributed by atoms with Crippen LogP contribution in [0.3, 0.4) is 0 Å². The van der Waals surface area contributed by atoms with Gasteiger partial charge in [0.05, 0.1) is 0 Å². The van der Waals surface area contributed by atoms with E-state index >= 15 is 0 Å². The molecule has 0 saturated carbocycles. The molecule has 2 N–H and O–H groups in total. The molecule has 0 atom stereocenters. The number of nitrogens with zero attached hydrogens (tertiary/aromatic N) is 2. The highest BCUT2D eigenvalue weighted by atomic mass is 16.5. The third-order valence-electron chi connectivity index (χ3n) is 1.43. The molecule has 6 nitrogen and oxygen atoms in total. The van der Waals surface area contributed by atoms with Crippen LogP contribution in [-0.2, 0) is 0 Å². The first-order valence-electron chi connectivity index (χ1n) is 3.23. The summed E-state index contributed by atoms with van der Waals surface area (Å²) in [6.45, 7) is 3.09. The molecule has 1 rings (SSSR count). The van der Waals surface area contributed by atoms with Crippen LogP contribution in [0.15, 0.2) is 21.9 Å². The number of aromatic carboxylic acids is 1. The number of hydrogen-bond acceptors (Lipinski definition) is 4. The van der Waals surface area contributed by atoms with Crippen molar-refractivity contribution in [3.8, 4) is 0 Å². The van der Waals surface area contributed by atoms with Crippen molar-refractivity contribution in [3.05, 3.63) is 28.0 Å². The quantitative estimate of drug-likeness (QED) is 0.501. The Morgan fingerprint density at radius 2 is 2.15 bits per heavy atom. The zero-order chi connectivity index (χ0) is 10.0. The molecule has 0 fully saturated rings. The van der Waals surface area contributed by atoms with Crippen molar-refractivity contribution in [2.45, 2.75) is 0 Å². The third kappa shape index (κ3) is 1.41. The Kier molecular flexibility index (Phi) is 2.14. The highest BCUT2D eigenvalue weighted by Crippen LogP contribution is 2.06. The van der Waals surface area contributed by atoms with E-state index in [4.69, 9.17) is 10.3 Å². The van der Waals surface area contributed by atoms with E-state index in [9.17, 15) is 9.59 Å². The Morgan fingerprint density at radius 1 is 1.54 bits per heavy atom. The highest BCUT2D eigenvalue weighted by molar-refractivity contribution is 5.87. The molecule has 0 spiro atoms. The van der Waals surface area contributed by atoms with Crippen molar-refractivity contribution >= 4 is 18.5 Å². The average molecular weight is 182 g/mol. The van der Waals surface area contributed by atoms with Crippen molar-refractivity contribution < 1.29 is 15.1 Å². The topological polar surface area (TPSA) is 91.9 Å². The van der Waals surface area contributed by atoms with E-state index in [1.165, 1.54) is 6.07 Å². The van der Waals surface area contributed by atoms with Gasteiger partial charge in [0.15, 0.2) is 5.82 Å². The minimum absolute atomic E-state index is 0.102. The second kappa shape index (κ2) is 3.10. The Bertz CT molecular complexity index is 421. The van der Waals surface area contributed by atoms with Gasteiger partial charge < -0.3 is 10.3 Å². The van der Waals surface area contributed by atoms with Crippen molar-refractivity contribution in [1.29, 1.82) is 0 Å². The number of carboxylic acids is 1. The lowest BCUT2D eigenvalue weighted by atomic mass is 10.3. The van der Waals surface area contributed by atoms with E-state index < -0.39 is 17.1 Å². The summed E-state index contributed by atoms with van der Waals surface area (Å²) in [6, 6.07) is 2.24. The van der Waals surface area contributed by atoms with Gasteiger partial charge in [0.25, 0.3) is 5.56 Å². The van der Waals surface area contributed by atoms with Crippen LogP contribution in [0.25, 0.3) is 0 Å². The maximum atomic E-state index is 11.0. The smallest absolute Gasteiger partial charge is 0.341 e. The van der Waals surface area contributed by atoms with Gasteiger partial charge >= 0.3 is 5.97 Å². The van der Waals surface area contributed by atoms with Gasteiger partial charge in [-0.15, -0.1) is 4.73 Å². The van der Waals surface area contributed by atoms with Crippen LogP contribution in [0, 0.1) is 0 Å². The van der Waals surface area contributed by atoms with Crippen molar-refractivity contribution in [2.75, 3.05) is 0 Å². The largest absolute Gasteiger partial charge is 0.477 e. The predicted octanol–water partition coefficient (Wildman–Crippen LogP) is 0.116. The van der Waals surface area contributed by atoms with Crippen LogP contribution in [0.4, 0.5) is 5.82 Å². The van der Waals surface area contributed by atoms with Crippen molar-refractivity contribution in [2.24, 2.45) is 4.99 Å². The number of pyridine rings is 1. The molecule has 13 heavy (non-hydrogen) atoms. The summed E-state index contributed by atoms with van der Waals surface area (Å²) in [6.07, 6.45) is 0. The van der Waals surface area contributed by atoms with E-state index in [0.717, 1.165) is 6.07 Å². The van der Waals surface area contributed by atoms with Crippen LogP contribution in [0.5, 0.6) is 0 Å². The van der Waals surface area contributed by atoms with Gasteiger partial charge in [0.1, 0.15) is 5.56 Å². The Balaban J connectivity index is 3.49. The van der Waals surface area contributed by atoms with Gasteiger partial charge in [-0.25, -0.2) is 9.79 Å². The number of aliphatic imine (C=N–C) groups is 1. The normalized spacial score (nSPS) is 9.54. The fourth-order valence-electron chi connectivity index (χ4n) is 0.800. The van der Waals surface area contributed by atoms with Gasteiger partial charge in [-0.3, -0.25) is 4.79 Å². The van der Waals surface area contributed by atoms with E-state index in [-0.39, 0.29) is 10.5 Å². The molecule has 0 bridgehead atoms. The number of hydrogen-bond donors (Lipinski definition) is 2. The van der Waals surface area contributed by atoms with Crippen LogP contribution in [-0.4, -0.2) is 27.7 Å². The van der Waals surface area contributed by atoms with E-state index in [0.29, 0.717) is 0 Å². The van der Waals surface area contributed by atoms with Gasteiger partial charge in [-0.1, -0.05) is 0 Å². The van der Waals surface area contributed by atoms with Crippen LogP contribution >= 0.6 is 0 Å². The molecule has 0 aliphatic carbocycles. The molecular weight excluding hydrogens is 176 g/mol. The molecule has 0 aromatic carbocycles. The fraction of sp³-hybridized carbons (Fsp3) is 0. The van der Waals surface area contributed by atoms with Gasteiger partial charge in [0.2, 0.25) is 0 Å². The summed E-state index contributed by atoms with van der Waals surface area (Å²) in [5.74, 6) is -1.50. The van der Waals surface area contributed by atoms with Crippen LogP contribution in [0.1, 0.15) is 10.4 Å². The van der Waals surface area contributed by atoms with Gasteiger partial charge in [-0.2, -0.15) is 0 Å². The molecule has 1 aromatic rings.